The zero-order valence-corrected chi connectivity index (χ0v) is 9.77. The third-order valence-electron chi connectivity index (χ3n) is 2.76. The Morgan fingerprint density at radius 2 is 1.76 bits per heavy atom. The van der Waals surface area contributed by atoms with E-state index in [1.54, 1.807) is 12.1 Å². The van der Waals surface area contributed by atoms with Gasteiger partial charge in [0.25, 0.3) is 0 Å². The zero-order chi connectivity index (χ0) is 12.6. The van der Waals surface area contributed by atoms with Gasteiger partial charge in [-0.2, -0.15) is 0 Å². The Labute approximate surface area is 99.3 Å². The first kappa shape index (κ1) is 11.3. The van der Waals surface area contributed by atoms with Crippen LogP contribution in [0.2, 0.25) is 0 Å². The molecule has 0 fully saturated rings. The number of hydrogen-bond acceptors (Lipinski definition) is 2. The Bertz CT molecular complexity index is 566. The van der Waals surface area contributed by atoms with E-state index >= 15 is 0 Å². The molecule has 17 heavy (non-hydrogen) atoms. The van der Waals surface area contributed by atoms with Crippen molar-refractivity contribution in [1.29, 1.82) is 0 Å². The number of anilines is 1. The summed E-state index contributed by atoms with van der Waals surface area (Å²) in [6.07, 6.45) is 0. The van der Waals surface area contributed by atoms with E-state index in [0.717, 1.165) is 11.4 Å². The lowest BCUT2D eigenvalue weighted by Crippen LogP contribution is -2.08. The molecule has 2 rings (SSSR count). The van der Waals surface area contributed by atoms with Gasteiger partial charge in [-0.3, -0.25) is 0 Å². The number of carboxylic acids is 1. The van der Waals surface area contributed by atoms with Crippen molar-refractivity contribution in [3.63, 3.8) is 0 Å². The van der Waals surface area contributed by atoms with Gasteiger partial charge in [0.15, 0.2) is 0 Å². The van der Waals surface area contributed by atoms with Gasteiger partial charge < -0.3 is 15.4 Å². The van der Waals surface area contributed by atoms with Gasteiger partial charge in [-0.05, 0) is 44.2 Å². The van der Waals surface area contributed by atoms with Crippen molar-refractivity contribution in [3.05, 3.63) is 47.3 Å². The van der Waals surface area contributed by atoms with Gasteiger partial charge >= 0.3 is 5.97 Å². The first-order chi connectivity index (χ1) is 8.00. The molecule has 4 heteroatoms. The van der Waals surface area contributed by atoms with Gasteiger partial charge in [0.2, 0.25) is 0 Å². The standard InChI is InChI=1S/C13H14N2O2/c1-8-3-4-9(2)15(8)12-6-5-10(14)7-11(12)13(16)17/h3-7H,14H2,1-2H3,(H,16,17). The molecule has 1 aromatic carbocycles. The molecule has 0 spiro atoms. The van der Waals surface area contributed by atoms with Crippen molar-refractivity contribution in [2.75, 3.05) is 5.73 Å². The van der Waals surface area contributed by atoms with Crippen LogP contribution < -0.4 is 5.73 Å². The number of aryl methyl sites for hydroxylation is 2. The fourth-order valence-electron chi connectivity index (χ4n) is 1.97. The lowest BCUT2D eigenvalue weighted by Gasteiger charge is -2.13. The number of nitrogens with two attached hydrogens (primary N) is 1. The highest BCUT2D eigenvalue weighted by atomic mass is 16.4. The van der Waals surface area contributed by atoms with E-state index in [0.29, 0.717) is 11.4 Å². The van der Waals surface area contributed by atoms with E-state index in [4.69, 9.17) is 5.73 Å². The molecule has 0 unspecified atom stereocenters. The SMILES string of the molecule is Cc1ccc(C)n1-c1ccc(N)cc1C(=O)O. The van der Waals surface area contributed by atoms with Crippen molar-refractivity contribution in [2.45, 2.75) is 13.8 Å². The Hall–Kier alpha value is -2.23. The van der Waals surface area contributed by atoms with Crippen LogP contribution in [0, 0.1) is 13.8 Å². The number of benzene rings is 1. The Morgan fingerprint density at radius 1 is 1.18 bits per heavy atom. The van der Waals surface area contributed by atoms with Crippen LogP contribution >= 0.6 is 0 Å². The summed E-state index contributed by atoms with van der Waals surface area (Å²) in [5, 5.41) is 9.20. The van der Waals surface area contributed by atoms with E-state index in [9.17, 15) is 9.90 Å². The zero-order valence-electron chi connectivity index (χ0n) is 9.77. The highest BCUT2D eigenvalue weighted by Crippen LogP contribution is 2.22. The molecular weight excluding hydrogens is 216 g/mol. The monoisotopic (exact) mass is 230 g/mol. The number of carboxylic acid groups (broad SMARTS) is 1. The van der Waals surface area contributed by atoms with Crippen LogP contribution in [0.25, 0.3) is 5.69 Å². The van der Waals surface area contributed by atoms with Crippen LogP contribution in [-0.2, 0) is 0 Å². The minimum atomic E-state index is -0.972. The topological polar surface area (TPSA) is 68.2 Å². The van der Waals surface area contributed by atoms with Crippen molar-refractivity contribution in [1.82, 2.24) is 4.57 Å². The number of nitrogen functional groups attached to an aromatic ring is 1. The minimum Gasteiger partial charge on any atom is -0.478 e. The molecule has 3 N–H and O–H groups in total. The van der Waals surface area contributed by atoms with Gasteiger partial charge in [-0.1, -0.05) is 0 Å². The molecule has 0 aliphatic heterocycles. The van der Waals surface area contributed by atoms with Crippen molar-refractivity contribution < 1.29 is 9.90 Å². The van der Waals surface area contributed by atoms with Gasteiger partial charge in [0.05, 0.1) is 11.3 Å². The molecule has 2 aromatic rings. The molecule has 0 aliphatic carbocycles. The maximum atomic E-state index is 11.2. The number of carbonyl (C=O) groups is 1. The first-order valence-corrected chi connectivity index (χ1v) is 5.29. The van der Waals surface area contributed by atoms with E-state index < -0.39 is 5.97 Å². The molecule has 0 aliphatic rings. The third-order valence-corrected chi connectivity index (χ3v) is 2.76. The molecule has 1 heterocycles. The van der Waals surface area contributed by atoms with E-state index in [2.05, 4.69) is 0 Å². The Balaban J connectivity index is 2.71. The predicted octanol–water partition coefficient (Wildman–Crippen LogP) is 2.37. The number of hydrogen-bond donors (Lipinski definition) is 2. The quantitative estimate of drug-likeness (QED) is 0.778. The van der Waals surface area contributed by atoms with Gasteiger partial charge in [0.1, 0.15) is 0 Å². The first-order valence-electron chi connectivity index (χ1n) is 5.29. The van der Waals surface area contributed by atoms with Crippen LogP contribution in [0.15, 0.2) is 30.3 Å². The lowest BCUT2D eigenvalue weighted by molar-refractivity contribution is 0.0697. The Kier molecular flexibility index (Phi) is 2.63. The smallest absolute Gasteiger partial charge is 0.337 e. The number of aromatic carboxylic acids is 1. The summed E-state index contributed by atoms with van der Waals surface area (Å²) in [6.45, 7) is 3.88. The van der Waals surface area contributed by atoms with Gasteiger partial charge in [0, 0.05) is 17.1 Å². The summed E-state index contributed by atoms with van der Waals surface area (Å²) >= 11 is 0. The van der Waals surface area contributed by atoms with E-state index in [1.165, 1.54) is 6.07 Å². The average molecular weight is 230 g/mol. The molecule has 4 nitrogen and oxygen atoms in total. The van der Waals surface area contributed by atoms with Crippen molar-refractivity contribution in [2.24, 2.45) is 0 Å². The second-order valence-corrected chi connectivity index (χ2v) is 4.03. The van der Waals surface area contributed by atoms with Gasteiger partial charge in [-0.15, -0.1) is 0 Å². The van der Waals surface area contributed by atoms with Crippen LogP contribution in [0.4, 0.5) is 5.69 Å². The van der Waals surface area contributed by atoms with Crippen LogP contribution in [0.5, 0.6) is 0 Å². The van der Waals surface area contributed by atoms with E-state index in [-0.39, 0.29) is 5.56 Å². The summed E-state index contributed by atoms with van der Waals surface area (Å²) in [4.78, 5) is 11.2. The summed E-state index contributed by atoms with van der Waals surface area (Å²) in [5.41, 5.74) is 8.93. The van der Waals surface area contributed by atoms with Crippen LogP contribution in [0.3, 0.4) is 0 Å². The molecular formula is C13H14N2O2. The summed E-state index contributed by atoms with van der Waals surface area (Å²) in [6, 6.07) is 8.84. The molecule has 0 saturated carbocycles. The highest BCUT2D eigenvalue weighted by Gasteiger charge is 2.14. The van der Waals surface area contributed by atoms with Crippen molar-refractivity contribution >= 4 is 11.7 Å². The normalized spacial score (nSPS) is 10.5. The highest BCUT2D eigenvalue weighted by molar-refractivity contribution is 5.93. The second-order valence-electron chi connectivity index (χ2n) is 4.03. The predicted molar refractivity (Wildman–Crippen MR) is 66.6 cm³/mol. The molecule has 0 saturated heterocycles. The largest absolute Gasteiger partial charge is 0.478 e. The number of rotatable bonds is 2. The van der Waals surface area contributed by atoms with Gasteiger partial charge in [-0.25, -0.2) is 4.79 Å². The second kappa shape index (κ2) is 3.97. The maximum Gasteiger partial charge on any atom is 0.337 e. The van der Waals surface area contributed by atoms with E-state index in [1.807, 2.05) is 30.5 Å². The molecule has 0 radical (unpaired) electrons. The average Bonchev–Trinajstić information content (AvgIpc) is 2.59. The molecule has 0 atom stereocenters. The number of aromatic nitrogens is 1. The fraction of sp³-hybridized carbons (Fsp3) is 0.154. The summed E-state index contributed by atoms with van der Waals surface area (Å²) in [5.74, 6) is -0.972. The summed E-state index contributed by atoms with van der Waals surface area (Å²) in [7, 11) is 0. The third kappa shape index (κ3) is 1.89. The number of nitrogens with zero attached hydrogens (tertiary/aromatic N) is 1. The molecule has 1 aromatic heterocycles. The summed E-state index contributed by atoms with van der Waals surface area (Å²) < 4.78 is 1.91. The van der Waals surface area contributed by atoms with Crippen molar-refractivity contribution in [3.8, 4) is 5.69 Å². The van der Waals surface area contributed by atoms with Crippen LogP contribution in [-0.4, -0.2) is 15.6 Å². The molecule has 0 bridgehead atoms. The lowest BCUT2D eigenvalue weighted by atomic mass is 10.1. The molecule has 88 valence electrons. The Morgan fingerprint density at radius 3 is 2.29 bits per heavy atom. The minimum absolute atomic E-state index is 0.215. The van der Waals surface area contributed by atoms with Crippen LogP contribution in [0.1, 0.15) is 21.7 Å². The fourth-order valence-corrected chi connectivity index (χ4v) is 1.97. The molecule has 0 amide bonds. The maximum absolute atomic E-state index is 11.2.